The minimum Gasteiger partial charge on any atom is -0.466 e. The van der Waals surface area contributed by atoms with Gasteiger partial charge in [0.2, 0.25) is 0 Å². The van der Waals surface area contributed by atoms with Crippen LogP contribution in [0.25, 0.3) is 0 Å². The fraction of sp³-hybridized carbons (Fsp3) is 0.917. The van der Waals surface area contributed by atoms with Gasteiger partial charge in [-0.1, -0.05) is 26.2 Å². The number of nitrogens with two attached hydrogens (primary N) is 1. The largest absolute Gasteiger partial charge is 0.466 e. The summed E-state index contributed by atoms with van der Waals surface area (Å²) in [6.45, 7) is 6.46. The minimum absolute atomic E-state index is 0.135. The molecule has 0 aromatic rings. The maximum absolute atomic E-state index is 11.1. The summed E-state index contributed by atoms with van der Waals surface area (Å²) in [5.41, 5.74) is 5.87. The van der Waals surface area contributed by atoms with Crippen LogP contribution in [-0.2, 0) is 9.53 Å². The Labute approximate surface area is 93.4 Å². The lowest BCUT2D eigenvalue weighted by Crippen LogP contribution is -2.36. The summed E-state index contributed by atoms with van der Waals surface area (Å²) in [6, 6.07) is 0. The normalized spacial score (nSPS) is 14.7. The lowest BCUT2D eigenvalue weighted by molar-refractivity contribution is -0.143. The second-order valence-corrected chi connectivity index (χ2v) is 4.42. The molecule has 0 aliphatic carbocycles. The summed E-state index contributed by atoms with van der Waals surface area (Å²) < 4.78 is 4.87. The molecule has 0 aromatic heterocycles. The SMILES string of the molecule is CCCCCC(C)(N)CCC(=O)OCC. The average molecular weight is 215 g/mol. The van der Waals surface area contributed by atoms with E-state index < -0.39 is 0 Å². The summed E-state index contributed by atoms with van der Waals surface area (Å²) in [4.78, 5) is 11.1. The first kappa shape index (κ1) is 14.4. The molecule has 15 heavy (non-hydrogen) atoms. The molecule has 0 aliphatic rings. The van der Waals surface area contributed by atoms with E-state index in [2.05, 4.69) is 6.92 Å². The topological polar surface area (TPSA) is 52.3 Å². The monoisotopic (exact) mass is 215 g/mol. The van der Waals surface area contributed by atoms with Crippen LogP contribution >= 0.6 is 0 Å². The van der Waals surface area contributed by atoms with Gasteiger partial charge in [-0.2, -0.15) is 0 Å². The molecular formula is C12H25NO2. The van der Waals surface area contributed by atoms with E-state index in [1.807, 2.05) is 13.8 Å². The second kappa shape index (κ2) is 7.69. The lowest BCUT2D eigenvalue weighted by Gasteiger charge is -2.24. The molecule has 0 bridgehead atoms. The van der Waals surface area contributed by atoms with Crippen LogP contribution in [0.4, 0.5) is 0 Å². The lowest BCUT2D eigenvalue weighted by atomic mass is 9.90. The van der Waals surface area contributed by atoms with E-state index in [9.17, 15) is 4.79 Å². The molecule has 0 rings (SSSR count). The molecule has 1 unspecified atom stereocenters. The molecule has 0 amide bonds. The van der Waals surface area contributed by atoms with Crippen LogP contribution in [0.2, 0.25) is 0 Å². The molecule has 0 aliphatic heterocycles. The predicted molar refractivity (Wildman–Crippen MR) is 62.6 cm³/mol. The van der Waals surface area contributed by atoms with E-state index in [1.165, 1.54) is 12.8 Å². The number of esters is 1. The third-order valence-corrected chi connectivity index (χ3v) is 2.56. The molecule has 0 heterocycles. The van der Waals surface area contributed by atoms with Gasteiger partial charge in [0.15, 0.2) is 0 Å². The fourth-order valence-electron chi connectivity index (χ4n) is 1.52. The van der Waals surface area contributed by atoms with Gasteiger partial charge in [0.25, 0.3) is 0 Å². The zero-order valence-corrected chi connectivity index (χ0v) is 10.3. The Hall–Kier alpha value is -0.570. The van der Waals surface area contributed by atoms with Crippen molar-refractivity contribution in [3.8, 4) is 0 Å². The van der Waals surface area contributed by atoms with Gasteiger partial charge in [-0.3, -0.25) is 4.79 Å². The maximum atomic E-state index is 11.1. The van der Waals surface area contributed by atoms with E-state index in [-0.39, 0.29) is 11.5 Å². The number of hydrogen-bond acceptors (Lipinski definition) is 3. The number of carbonyl (C=O) groups is 1. The molecule has 0 aromatic carbocycles. The Bertz CT molecular complexity index is 178. The highest BCUT2D eigenvalue weighted by Crippen LogP contribution is 2.17. The van der Waals surface area contributed by atoms with E-state index in [0.29, 0.717) is 13.0 Å². The summed E-state index contributed by atoms with van der Waals surface area (Å²) in [6.07, 6.45) is 5.70. The molecule has 0 spiro atoms. The molecule has 3 nitrogen and oxygen atoms in total. The van der Waals surface area contributed by atoms with Crippen LogP contribution in [-0.4, -0.2) is 18.1 Å². The van der Waals surface area contributed by atoms with Crippen molar-refractivity contribution in [1.82, 2.24) is 0 Å². The van der Waals surface area contributed by atoms with Crippen molar-refractivity contribution in [3.63, 3.8) is 0 Å². The summed E-state index contributed by atoms with van der Waals surface area (Å²) in [5, 5.41) is 0. The number of carbonyl (C=O) groups excluding carboxylic acids is 1. The number of unbranched alkanes of at least 4 members (excludes halogenated alkanes) is 2. The highest BCUT2D eigenvalue weighted by Gasteiger charge is 2.19. The number of rotatable bonds is 8. The molecule has 90 valence electrons. The van der Waals surface area contributed by atoms with E-state index >= 15 is 0 Å². The number of hydrogen-bond donors (Lipinski definition) is 1. The molecular weight excluding hydrogens is 190 g/mol. The predicted octanol–water partition coefficient (Wildman–Crippen LogP) is 2.63. The molecule has 0 saturated carbocycles. The Morgan fingerprint density at radius 1 is 1.27 bits per heavy atom. The van der Waals surface area contributed by atoms with Crippen molar-refractivity contribution in [3.05, 3.63) is 0 Å². The first-order valence-electron chi connectivity index (χ1n) is 5.96. The molecule has 0 saturated heterocycles. The zero-order chi connectivity index (χ0) is 11.7. The van der Waals surface area contributed by atoms with E-state index in [0.717, 1.165) is 19.3 Å². The van der Waals surface area contributed by atoms with Crippen molar-refractivity contribution < 1.29 is 9.53 Å². The Morgan fingerprint density at radius 2 is 1.93 bits per heavy atom. The van der Waals surface area contributed by atoms with Crippen LogP contribution in [0.3, 0.4) is 0 Å². The van der Waals surface area contributed by atoms with E-state index in [4.69, 9.17) is 10.5 Å². The first-order valence-corrected chi connectivity index (χ1v) is 5.96. The molecule has 2 N–H and O–H groups in total. The number of ether oxygens (including phenoxy) is 1. The van der Waals surface area contributed by atoms with Gasteiger partial charge < -0.3 is 10.5 Å². The quantitative estimate of drug-likeness (QED) is 0.500. The van der Waals surface area contributed by atoms with Gasteiger partial charge in [0.1, 0.15) is 0 Å². The first-order chi connectivity index (χ1) is 7.02. The molecule has 3 heteroatoms. The van der Waals surface area contributed by atoms with Gasteiger partial charge >= 0.3 is 5.97 Å². The highest BCUT2D eigenvalue weighted by atomic mass is 16.5. The van der Waals surface area contributed by atoms with Crippen molar-refractivity contribution >= 4 is 5.97 Å². The molecule has 0 fully saturated rings. The van der Waals surface area contributed by atoms with Crippen molar-refractivity contribution in [1.29, 1.82) is 0 Å². The van der Waals surface area contributed by atoms with Gasteiger partial charge in [0, 0.05) is 12.0 Å². The third kappa shape index (κ3) is 8.43. The molecule has 0 radical (unpaired) electrons. The standard InChI is InChI=1S/C12H25NO2/c1-4-6-7-9-12(3,13)10-8-11(14)15-5-2/h4-10,13H2,1-3H3. The van der Waals surface area contributed by atoms with Crippen molar-refractivity contribution in [2.24, 2.45) is 5.73 Å². The average Bonchev–Trinajstić information content (AvgIpc) is 2.16. The maximum Gasteiger partial charge on any atom is 0.305 e. The summed E-state index contributed by atoms with van der Waals surface area (Å²) in [7, 11) is 0. The molecule has 1 atom stereocenters. The van der Waals surface area contributed by atoms with Crippen LogP contribution in [0.15, 0.2) is 0 Å². The van der Waals surface area contributed by atoms with Crippen LogP contribution in [0, 0.1) is 0 Å². The second-order valence-electron chi connectivity index (χ2n) is 4.42. The van der Waals surface area contributed by atoms with Crippen LogP contribution in [0.5, 0.6) is 0 Å². The van der Waals surface area contributed by atoms with Gasteiger partial charge in [-0.05, 0) is 26.7 Å². The highest BCUT2D eigenvalue weighted by molar-refractivity contribution is 5.69. The Kier molecular flexibility index (Phi) is 7.39. The Balaban J connectivity index is 3.67. The smallest absolute Gasteiger partial charge is 0.305 e. The van der Waals surface area contributed by atoms with Crippen molar-refractivity contribution in [2.75, 3.05) is 6.61 Å². The van der Waals surface area contributed by atoms with Crippen molar-refractivity contribution in [2.45, 2.75) is 64.8 Å². The zero-order valence-electron chi connectivity index (χ0n) is 10.3. The fourth-order valence-corrected chi connectivity index (χ4v) is 1.52. The van der Waals surface area contributed by atoms with Gasteiger partial charge in [-0.25, -0.2) is 0 Å². The summed E-state index contributed by atoms with van der Waals surface area (Å²) >= 11 is 0. The van der Waals surface area contributed by atoms with Crippen LogP contribution in [0.1, 0.15) is 59.3 Å². The Morgan fingerprint density at radius 3 is 2.47 bits per heavy atom. The van der Waals surface area contributed by atoms with Gasteiger partial charge in [0.05, 0.1) is 6.61 Å². The minimum atomic E-state index is -0.220. The van der Waals surface area contributed by atoms with E-state index in [1.54, 1.807) is 0 Å². The van der Waals surface area contributed by atoms with Crippen LogP contribution < -0.4 is 5.73 Å². The summed E-state index contributed by atoms with van der Waals surface area (Å²) in [5.74, 6) is -0.135. The third-order valence-electron chi connectivity index (χ3n) is 2.56. The van der Waals surface area contributed by atoms with Gasteiger partial charge in [-0.15, -0.1) is 0 Å².